The van der Waals surface area contributed by atoms with Crippen molar-refractivity contribution in [3.8, 4) is 11.3 Å². The minimum Gasteiger partial charge on any atom is -0.233 e. The Morgan fingerprint density at radius 2 is 1.85 bits per heavy atom. The summed E-state index contributed by atoms with van der Waals surface area (Å²) in [5.74, 6) is 0.752. The third-order valence-electron chi connectivity index (χ3n) is 5.36. The van der Waals surface area contributed by atoms with Gasteiger partial charge in [-0.1, -0.05) is 111 Å². The van der Waals surface area contributed by atoms with Gasteiger partial charge >= 0.3 is 0 Å². The summed E-state index contributed by atoms with van der Waals surface area (Å²) in [6.07, 6.45) is 23.5. The first-order valence-corrected chi connectivity index (χ1v) is 12.5. The van der Waals surface area contributed by atoms with Crippen molar-refractivity contribution in [1.82, 2.24) is 9.97 Å². The van der Waals surface area contributed by atoms with Crippen LogP contribution in [0.3, 0.4) is 0 Å². The highest BCUT2D eigenvalue weighted by molar-refractivity contribution is 7.70. The first-order chi connectivity index (χ1) is 16.1. The van der Waals surface area contributed by atoms with E-state index < -0.39 is 7.92 Å². The van der Waals surface area contributed by atoms with Crippen LogP contribution in [0, 0.1) is 6.92 Å². The lowest BCUT2D eigenvalue weighted by Gasteiger charge is -2.27. The molecule has 2 aromatic rings. The predicted molar refractivity (Wildman–Crippen MR) is 147 cm³/mol. The minimum absolute atomic E-state index is 0.446. The molecule has 166 valence electrons. The number of allylic oxidation sites excluding steroid dienone is 13. The number of hydrogen-bond donors (Lipinski definition) is 0. The van der Waals surface area contributed by atoms with Crippen molar-refractivity contribution in [2.75, 3.05) is 0 Å². The van der Waals surface area contributed by atoms with E-state index in [9.17, 15) is 0 Å². The van der Waals surface area contributed by atoms with Gasteiger partial charge in [0.05, 0.1) is 11.4 Å². The van der Waals surface area contributed by atoms with Crippen LogP contribution < -0.4 is 5.30 Å². The molecule has 1 aromatic carbocycles. The fourth-order valence-corrected chi connectivity index (χ4v) is 6.42. The van der Waals surface area contributed by atoms with Crippen LogP contribution >= 0.6 is 7.92 Å². The maximum atomic E-state index is 4.71. The highest BCUT2D eigenvalue weighted by Crippen LogP contribution is 2.51. The van der Waals surface area contributed by atoms with E-state index in [0.717, 1.165) is 34.8 Å². The zero-order chi connectivity index (χ0) is 23.6. The second-order valence-corrected chi connectivity index (χ2v) is 10.0. The van der Waals surface area contributed by atoms with E-state index in [0.29, 0.717) is 5.66 Å². The van der Waals surface area contributed by atoms with Crippen molar-refractivity contribution in [3.63, 3.8) is 0 Å². The van der Waals surface area contributed by atoms with Crippen molar-refractivity contribution in [3.05, 3.63) is 134 Å². The van der Waals surface area contributed by atoms with Crippen molar-refractivity contribution >= 4 is 18.8 Å². The van der Waals surface area contributed by atoms with E-state index >= 15 is 0 Å². The fraction of sp³-hybridized carbons (Fsp3) is 0.133. The van der Waals surface area contributed by atoms with E-state index in [1.165, 1.54) is 10.6 Å². The molecule has 0 fully saturated rings. The van der Waals surface area contributed by atoms with Gasteiger partial charge in [-0.05, 0) is 50.4 Å². The second-order valence-electron chi connectivity index (χ2n) is 7.59. The van der Waals surface area contributed by atoms with Gasteiger partial charge in [0, 0.05) is 11.2 Å². The minimum atomic E-state index is -0.584. The van der Waals surface area contributed by atoms with Gasteiger partial charge in [-0.25, -0.2) is 9.97 Å². The lowest BCUT2D eigenvalue weighted by atomic mass is 10.1. The van der Waals surface area contributed by atoms with Gasteiger partial charge in [0.2, 0.25) is 0 Å². The van der Waals surface area contributed by atoms with Crippen molar-refractivity contribution < 1.29 is 0 Å². The molecule has 0 bridgehead atoms. The molecule has 3 rings (SSSR count). The van der Waals surface area contributed by atoms with Gasteiger partial charge < -0.3 is 0 Å². The zero-order valence-corrected chi connectivity index (χ0v) is 20.4. The number of aromatic nitrogens is 2. The average Bonchev–Trinajstić information content (AvgIpc) is 2.85. The van der Waals surface area contributed by atoms with Gasteiger partial charge in [-0.3, -0.25) is 0 Å². The Balaban J connectivity index is 1.99. The van der Waals surface area contributed by atoms with Crippen LogP contribution in [0.25, 0.3) is 16.8 Å². The quantitative estimate of drug-likeness (QED) is 0.287. The zero-order valence-electron chi connectivity index (χ0n) is 19.5. The largest absolute Gasteiger partial charge is 0.233 e. The van der Waals surface area contributed by atoms with Gasteiger partial charge in [0.15, 0.2) is 0 Å². The van der Waals surface area contributed by atoms with Crippen molar-refractivity contribution in [2.45, 2.75) is 25.9 Å². The predicted octanol–water partition coefficient (Wildman–Crippen LogP) is 7.85. The molecule has 1 aliphatic rings. The summed E-state index contributed by atoms with van der Waals surface area (Å²) in [5.41, 5.74) is 4.40. The van der Waals surface area contributed by atoms with Crippen LogP contribution in [0.15, 0.2) is 122 Å². The summed E-state index contributed by atoms with van der Waals surface area (Å²) >= 11 is 0. The molecular formula is C30H31N2P. The molecule has 0 N–H and O–H groups in total. The third kappa shape index (κ3) is 6.12. The molecule has 0 radical (unpaired) electrons. The standard InChI is InChI=1S/C30H31N2P/c1-6-10-15-24(8-3)29-22-30(32-23(5)31-29)25-18-20-28(21-19-25)33(26(9-4)14-7-2)27-16-12-11-13-17-27/h6-16,18-22,27H,1-2,4,17H2,3,5H3/b15-10-,24-8+,26-14+. The Morgan fingerprint density at radius 3 is 2.45 bits per heavy atom. The van der Waals surface area contributed by atoms with Gasteiger partial charge in [0.1, 0.15) is 5.82 Å². The van der Waals surface area contributed by atoms with E-state index in [4.69, 9.17) is 4.98 Å². The molecule has 2 atom stereocenters. The molecule has 0 saturated carbocycles. The smallest absolute Gasteiger partial charge is 0.126 e. The molecule has 0 amide bonds. The number of rotatable bonds is 9. The SMILES string of the molecule is C=C/C=C\C(=C/C)c1cc(-c2ccc(P(/C(C=C)=C/C=C)C3C=CC=CC3)cc2)nc(C)n1. The monoisotopic (exact) mass is 450 g/mol. The van der Waals surface area contributed by atoms with E-state index in [1.807, 2.05) is 38.2 Å². The molecule has 3 heteroatoms. The molecule has 2 unspecified atom stereocenters. The molecule has 1 heterocycles. The Hall–Kier alpha value is -3.35. The van der Waals surface area contributed by atoms with Crippen LogP contribution in [0.5, 0.6) is 0 Å². The Kier molecular flexibility index (Phi) is 8.87. The summed E-state index contributed by atoms with van der Waals surface area (Å²) in [4.78, 5) is 9.35. The molecule has 0 saturated heterocycles. The van der Waals surface area contributed by atoms with E-state index in [-0.39, 0.29) is 0 Å². The van der Waals surface area contributed by atoms with E-state index in [1.54, 1.807) is 6.08 Å². The Morgan fingerprint density at radius 1 is 1.06 bits per heavy atom. The van der Waals surface area contributed by atoms with Gasteiger partial charge in [-0.2, -0.15) is 0 Å². The van der Waals surface area contributed by atoms with Crippen LogP contribution in [-0.2, 0) is 0 Å². The Bertz CT molecular complexity index is 1160. The van der Waals surface area contributed by atoms with Crippen LogP contribution in [0.2, 0.25) is 0 Å². The number of hydrogen-bond acceptors (Lipinski definition) is 2. The summed E-state index contributed by atoms with van der Waals surface area (Å²) in [5, 5.41) is 2.56. The number of benzene rings is 1. The highest BCUT2D eigenvalue weighted by Gasteiger charge is 2.23. The second kappa shape index (κ2) is 12.0. The lowest BCUT2D eigenvalue weighted by molar-refractivity contribution is 1.04. The Labute approximate surface area is 199 Å². The van der Waals surface area contributed by atoms with Gasteiger partial charge in [0.25, 0.3) is 0 Å². The van der Waals surface area contributed by atoms with Crippen LogP contribution in [-0.4, -0.2) is 15.6 Å². The number of aryl methyl sites for hydroxylation is 1. The molecule has 1 aliphatic carbocycles. The molecule has 0 spiro atoms. The first-order valence-electron chi connectivity index (χ1n) is 11.1. The summed E-state index contributed by atoms with van der Waals surface area (Å²) in [6, 6.07) is 10.9. The highest BCUT2D eigenvalue weighted by atomic mass is 31.1. The molecule has 33 heavy (non-hydrogen) atoms. The average molecular weight is 451 g/mol. The topological polar surface area (TPSA) is 25.8 Å². The van der Waals surface area contributed by atoms with Gasteiger partial charge in [-0.15, -0.1) is 0 Å². The summed E-state index contributed by atoms with van der Waals surface area (Å²) < 4.78 is 0. The molecule has 1 aromatic heterocycles. The maximum absolute atomic E-state index is 4.71. The third-order valence-corrected chi connectivity index (χ3v) is 8.15. The van der Waals surface area contributed by atoms with Crippen molar-refractivity contribution in [2.24, 2.45) is 0 Å². The summed E-state index contributed by atoms with van der Waals surface area (Å²) in [6.45, 7) is 15.7. The molecular weight excluding hydrogens is 419 g/mol. The molecule has 0 aliphatic heterocycles. The normalized spacial score (nSPS) is 17.2. The molecule has 2 nitrogen and oxygen atoms in total. The maximum Gasteiger partial charge on any atom is 0.126 e. The van der Waals surface area contributed by atoms with Crippen LogP contribution in [0.4, 0.5) is 0 Å². The lowest BCUT2D eigenvalue weighted by Crippen LogP contribution is -2.13. The van der Waals surface area contributed by atoms with Crippen LogP contribution in [0.1, 0.15) is 24.9 Å². The fourth-order valence-electron chi connectivity index (χ4n) is 3.82. The number of nitrogens with zero attached hydrogens (tertiary/aromatic N) is 2. The van der Waals surface area contributed by atoms with Crippen molar-refractivity contribution in [1.29, 1.82) is 0 Å². The summed E-state index contributed by atoms with van der Waals surface area (Å²) in [7, 11) is -0.584. The van der Waals surface area contributed by atoms with E-state index in [2.05, 4.69) is 91.5 Å². The first kappa shape index (κ1) is 24.3.